The van der Waals surface area contributed by atoms with Gasteiger partial charge in [-0.25, -0.2) is 4.79 Å². The Morgan fingerprint density at radius 2 is 2.05 bits per heavy atom. The standard InChI is InChI=1S/C18H25N3O/c1-13(2)9-15-5-3-4-6-16(15)12-20-18(22)21-17-8-7-14(10-17)11-19/h3-6,13-14,17H,7-10,12H2,1-2H3,(H2,20,21,22)/t14-,17+/m0/s1. The molecule has 1 aliphatic carbocycles. The normalized spacial score (nSPS) is 20.6. The van der Waals surface area contributed by atoms with Crippen molar-refractivity contribution in [1.29, 1.82) is 5.26 Å². The van der Waals surface area contributed by atoms with Crippen LogP contribution in [-0.2, 0) is 13.0 Å². The Morgan fingerprint density at radius 3 is 2.68 bits per heavy atom. The summed E-state index contributed by atoms with van der Waals surface area (Å²) in [5.41, 5.74) is 2.47. The first kappa shape index (κ1) is 16.4. The van der Waals surface area contributed by atoms with Crippen molar-refractivity contribution in [2.45, 2.75) is 52.1 Å². The third-order valence-corrected chi connectivity index (χ3v) is 4.14. The van der Waals surface area contributed by atoms with Gasteiger partial charge in [0.1, 0.15) is 0 Å². The quantitative estimate of drug-likeness (QED) is 0.875. The molecule has 2 N–H and O–H groups in total. The van der Waals surface area contributed by atoms with Gasteiger partial charge in [0.15, 0.2) is 0 Å². The minimum atomic E-state index is -0.136. The van der Waals surface area contributed by atoms with Crippen LogP contribution in [0.15, 0.2) is 24.3 Å². The van der Waals surface area contributed by atoms with E-state index in [1.54, 1.807) is 0 Å². The molecule has 0 radical (unpaired) electrons. The average Bonchev–Trinajstić information content (AvgIpc) is 2.93. The van der Waals surface area contributed by atoms with Crippen LogP contribution in [0, 0.1) is 23.2 Å². The summed E-state index contributed by atoms with van der Waals surface area (Å²) in [6.07, 6.45) is 3.58. The Balaban J connectivity index is 1.83. The lowest BCUT2D eigenvalue weighted by molar-refractivity contribution is 0.236. The first-order valence-corrected chi connectivity index (χ1v) is 8.09. The van der Waals surface area contributed by atoms with Crippen LogP contribution < -0.4 is 10.6 Å². The minimum absolute atomic E-state index is 0.0945. The van der Waals surface area contributed by atoms with E-state index in [1.165, 1.54) is 11.1 Å². The van der Waals surface area contributed by atoms with Crippen LogP contribution in [0.5, 0.6) is 0 Å². The lowest BCUT2D eigenvalue weighted by atomic mass is 9.98. The molecule has 22 heavy (non-hydrogen) atoms. The molecule has 2 atom stereocenters. The fraction of sp³-hybridized carbons (Fsp3) is 0.556. The average molecular weight is 299 g/mol. The van der Waals surface area contributed by atoms with Gasteiger partial charge in [-0.2, -0.15) is 5.26 Å². The van der Waals surface area contributed by atoms with Crippen LogP contribution in [0.25, 0.3) is 0 Å². The zero-order chi connectivity index (χ0) is 15.9. The first-order valence-electron chi connectivity index (χ1n) is 8.09. The third kappa shape index (κ3) is 4.77. The highest BCUT2D eigenvalue weighted by atomic mass is 16.2. The van der Waals surface area contributed by atoms with Crippen molar-refractivity contribution in [3.63, 3.8) is 0 Å². The van der Waals surface area contributed by atoms with E-state index in [1.807, 2.05) is 12.1 Å². The van der Waals surface area contributed by atoms with Gasteiger partial charge in [-0.15, -0.1) is 0 Å². The molecule has 1 aromatic rings. The van der Waals surface area contributed by atoms with Gasteiger partial charge in [-0.1, -0.05) is 38.1 Å². The first-order chi connectivity index (χ1) is 10.6. The fourth-order valence-electron chi connectivity index (χ4n) is 3.01. The van der Waals surface area contributed by atoms with Crippen LogP contribution in [0.2, 0.25) is 0 Å². The largest absolute Gasteiger partial charge is 0.335 e. The van der Waals surface area contributed by atoms with E-state index < -0.39 is 0 Å². The summed E-state index contributed by atoms with van der Waals surface area (Å²) in [6.45, 7) is 4.94. The molecule has 2 amide bonds. The Hall–Kier alpha value is -2.02. The third-order valence-electron chi connectivity index (χ3n) is 4.14. The van der Waals surface area contributed by atoms with Crippen LogP contribution in [-0.4, -0.2) is 12.1 Å². The van der Waals surface area contributed by atoms with Crippen molar-refractivity contribution in [2.75, 3.05) is 0 Å². The van der Waals surface area contributed by atoms with E-state index in [4.69, 9.17) is 5.26 Å². The van der Waals surface area contributed by atoms with E-state index in [0.29, 0.717) is 12.5 Å². The maximum atomic E-state index is 12.0. The highest BCUT2D eigenvalue weighted by molar-refractivity contribution is 5.74. The number of amides is 2. The van der Waals surface area contributed by atoms with Crippen molar-refractivity contribution in [3.05, 3.63) is 35.4 Å². The van der Waals surface area contributed by atoms with E-state index in [2.05, 4.69) is 42.7 Å². The molecule has 1 aliphatic rings. The number of nitrogens with zero attached hydrogens (tertiary/aromatic N) is 1. The SMILES string of the molecule is CC(C)Cc1ccccc1CNC(=O)N[C@@H]1CC[C@H](C#N)C1. The highest BCUT2D eigenvalue weighted by Gasteiger charge is 2.25. The fourth-order valence-corrected chi connectivity index (χ4v) is 3.01. The van der Waals surface area contributed by atoms with Gasteiger partial charge in [-0.05, 0) is 42.7 Å². The predicted octanol–water partition coefficient (Wildman–Crippen LogP) is 3.38. The van der Waals surface area contributed by atoms with Crippen LogP contribution in [0.1, 0.15) is 44.2 Å². The van der Waals surface area contributed by atoms with E-state index in [9.17, 15) is 4.79 Å². The topological polar surface area (TPSA) is 64.9 Å². The lowest BCUT2D eigenvalue weighted by Gasteiger charge is -2.15. The molecule has 0 aromatic heterocycles. The van der Waals surface area contributed by atoms with E-state index in [-0.39, 0.29) is 18.0 Å². The Labute approximate surface area is 132 Å². The molecule has 0 saturated heterocycles. The van der Waals surface area contributed by atoms with Crippen LogP contribution in [0.4, 0.5) is 4.79 Å². The van der Waals surface area contributed by atoms with Crippen molar-refractivity contribution in [2.24, 2.45) is 11.8 Å². The summed E-state index contributed by atoms with van der Waals surface area (Å²) in [7, 11) is 0. The Morgan fingerprint density at radius 1 is 1.32 bits per heavy atom. The number of hydrogen-bond donors (Lipinski definition) is 2. The second-order valence-electron chi connectivity index (χ2n) is 6.53. The smallest absolute Gasteiger partial charge is 0.315 e. The molecule has 0 heterocycles. The molecule has 0 spiro atoms. The number of carbonyl (C=O) groups is 1. The summed E-state index contributed by atoms with van der Waals surface area (Å²) in [5.74, 6) is 0.688. The van der Waals surface area contributed by atoms with Gasteiger partial charge >= 0.3 is 6.03 Å². The van der Waals surface area contributed by atoms with Gasteiger partial charge in [0.25, 0.3) is 0 Å². The molecule has 118 valence electrons. The summed E-state index contributed by atoms with van der Waals surface area (Å²) in [4.78, 5) is 12.0. The second-order valence-corrected chi connectivity index (χ2v) is 6.53. The molecule has 2 rings (SSSR count). The number of hydrogen-bond acceptors (Lipinski definition) is 2. The lowest BCUT2D eigenvalue weighted by Crippen LogP contribution is -2.40. The van der Waals surface area contributed by atoms with Gasteiger partial charge < -0.3 is 10.6 Å². The maximum absolute atomic E-state index is 12.0. The molecule has 1 fully saturated rings. The van der Waals surface area contributed by atoms with Crippen molar-refractivity contribution >= 4 is 6.03 Å². The summed E-state index contributed by atoms with van der Waals surface area (Å²) >= 11 is 0. The van der Waals surface area contributed by atoms with E-state index >= 15 is 0 Å². The van der Waals surface area contributed by atoms with Crippen molar-refractivity contribution in [3.8, 4) is 6.07 Å². The zero-order valence-electron chi connectivity index (χ0n) is 13.4. The van der Waals surface area contributed by atoms with Crippen molar-refractivity contribution < 1.29 is 4.79 Å². The molecule has 4 heteroatoms. The number of rotatable bonds is 5. The molecular weight excluding hydrogens is 274 g/mol. The molecule has 1 aromatic carbocycles. The van der Waals surface area contributed by atoms with Gasteiger partial charge in [-0.3, -0.25) is 0 Å². The molecule has 1 saturated carbocycles. The number of nitrogens with one attached hydrogen (secondary N) is 2. The number of nitriles is 1. The molecular formula is C18H25N3O. The number of carbonyl (C=O) groups excluding carboxylic acids is 1. The number of benzene rings is 1. The van der Waals surface area contributed by atoms with Gasteiger partial charge in [0, 0.05) is 18.5 Å². The van der Waals surface area contributed by atoms with Crippen molar-refractivity contribution in [1.82, 2.24) is 10.6 Å². The predicted molar refractivity (Wildman–Crippen MR) is 87.1 cm³/mol. The Kier molecular flexibility index (Phi) is 5.83. The van der Waals surface area contributed by atoms with Gasteiger partial charge in [0.2, 0.25) is 0 Å². The molecule has 4 nitrogen and oxygen atoms in total. The van der Waals surface area contributed by atoms with E-state index in [0.717, 1.165) is 25.7 Å². The number of urea groups is 1. The highest BCUT2D eigenvalue weighted by Crippen LogP contribution is 2.24. The minimum Gasteiger partial charge on any atom is -0.335 e. The van der Waals surface area contributed by atoms with Crippen LogP contribution in [0.3, 0.4) is 0 Å². The summed E-state index contributed by atoms with van der Waals surface area (Å²) < 4.78 is 0. The second kappa shape index (κ2) is 7.84. The van der Waals surface area contributed by atoms with Gasteiger partial charge in [0.05, 0.1) is 6.07 Å². The Bertz CT molecular complexity index is 548. The van der Waals surface area contributed by atoms with Crippen LogP contribution >= 0.6 is 0 Å². The summed E-state index contributed by atoms with van der Waals surface area (Å²) in [5, 5.41) is 14.8. The summed E-state index contributed by atoms with van der Waals surface area (Å²) in [6, 6.07) is 10.5. The zero-order valence-corrected chi connectivity index (χ0v) is 13.4. The maximum Gasteiger partial charge on any atom is 0.315 e. The molecule has 0 unspecified atom stereocenters. The molecule has 0 aliphatic heterocycles. The monoisotopic (exact) mass is 299 g/mol. The molecule has 0 bridgehead atoms.